The maximum atomic E-state index is 13.5. The van der Waals surface area contributed by atoms with Crippen molar-refractivity contribution in [3.05, 3.63) is 35.1 Å². The maximum Gasteiger partial charge on any atom is 0.192 e. The first-order valence-electron chi connectivity index (χ1n) is 7.67. The van der Waals surface area contributed by atoms with E-state index in [1.807, 2.05) is 6.07 Å². The van der Waals surface area contributed by atoms with Gasteiger partial charge < -0.3 is 15.4 Å². The van der Waals surface area contributed by atoms with Gasteiger partial charge in [-0.15, -0.1) is 0 Å². The Bertz CT molecular complexity index is 597. The van der Waals surface area contributed by atoms with Crippen LogP contribution in [0.15, 0.2) is 23.2 Å². The molecule has 0 saturated carbocycles. The van der Waals surface area contributed by atoms with Crippen molar-refractivity contribution in [1.29, 1.82) is 0 Å². The van der Waals surface area contributed by atoms with Crippen LogP contribution >= 0.6 is 0 Å². The summed E-state index contributed by atoms with van der Waals surface area (Å²) in [7, 11) is 0. The third kappa shape index (κ3) is 1.94. The molecule has 1 saturated heterocycles. The highest BCUT2D eigenvalue weighted by Crippen LogP contribution is 2.44. The van der Waals surface area contributed by atoms with Crippen molar-refractivity contribution in [3.8, 4) is 0 Å². The number of halogens is 1. The molecule has 1 fully saturated rings. The van der Waals surface area contributed by atoms with Crippen LogP contribution in [0.2, 0.25) is 0 Å². The lowest BCUT2D eigenvalue weighted by Gasteiger charge is -2.38. The topological polar surface area (TPSA) is 50.8 Å². The van der Waals surface area contributed by atoms with Crippen molar-refractivity contribution in [2.24, 2.45) is 10.7 Å². The van der Waals surface area contributed by atoms with E-state index in [-0.39, 0.29) is 17.5 Å². The SMILES string of the molecule is NC1=NCC2(CCc3cc(F)ccc32)N1CC1CCCO1. The first-order chi connectivity index (χ1) is 10.2. The van der Waals surface area contributed by atoms with Gasteiger partial charge in [0, 0.05) is 13.2 Å². The quantitative estimate of drug-likeness (QED) is 0.903. The highest BCUT2D eigenvalue weighted by molar-refractivity contribution is 5.81. The average molecular weight is 289 g/mol. The van der Waals surface area contributed by atoms with E-state index in [2.05, 4.69) is 9.89 Å². The number of rotatable bonds is 2. The van der Waals surface area contributed by atoms with Crippen LogP contribution in [0.3, 0.4) is 0 Å². The summed E-state index contributed by atoms with van der Waals surface area (Å²) in [5.74, 6) is 0.436. The number of aryl methyl sites for hydroxylation is 1. The molecule has 112 valence electrons. The fraction of sp³-hybridized carbons (Fsp3) is 0.562. The Labute approximate surface area is 123 Å². The van der Waals surface area contributed by atoms with Crippen LogP contribution in [0.4, 0.5) is 4.39 Å². The Balaban J connectivity index is 1.68. The summed E-state index contributed by atoms with van der Waals surface area (Å²) in [5, 5.41) is 0. The van der Waals surface area contributed by atoms with Gasteiger partial charge in [-0.05, 0) is 48.9 Å². The van der Waals surface area contributed by atoms with E-state index in [1.165, 1.54) is 5.56 Å². The molecule has 0 amide bonds. The van der Waals surface area contributed by atoms with Gasteiger partial charge in [-0.2, -0.15) is 0 Å². The van der Waals surface area contributed by atoms with Crippen molar-refractivity contribution in [3.63, 3.8) is 0 Å². The Morgan fingerprint density at radius 2 is 2.38 bits per heavy atom. The molecule has 21 heavy (non-hydrogen) atoms. The number of nitrogens with two attached hydrogens (primary N) is 1. The lowest BCUT2D eigenvalue weighted by molar-refractivity contribution is 0.0648. The van der Waals surface area contributed by atoms with Crippen molar-refractivity contribution in [1.82, 2.24) is 4.90 Å². The van der Waals surface area contributed by atoms with Crippen LogP contribution in [0.1, 0.15) is 30.4 Å². The van der Waals surface area contributed by atoms with Gasteiger partial charge in [-0.25, -0.2) is 4.39 Å². The van der Waals surface area contributed by atoms with Gasteiger partial charge in [0.05, 0.1) is 18.2 Å². The summed E-state index contributed by atoms with van der Waals surface area (Å²) in [6.07, 6.45) is 4.26. The summed E-state index contributed by atoms with van der Waals surface area (Å²) >= 11 is 0. The molecular weight excluding hydrogens is 269 g/mol. The lowest BCUT2D eigenvalue weighted by atomic mass is 9.90. The summed E-state index contributed by atoms with van der Waals surface area (Å²) in [6.45, 7) is 2.29. The molecule has 1 aromatic rings. The Kier molecular flexibility index (Phi) is 2.92. The van der Waals surface area contributed by atoms with Crippen LogP contribution in [0.5, 0.6) is 0 Å². The molecule has 2 heterocycles. The monoisotopic (exact) mass is 289 g/mol. The zero-order chi connectivity index (χ0) is 14.4. The van der Waals surface area contributed by atoms with Crippen LogP contribution < -0.4 is 5.73 Å². The Hall–Kier alpha value is -1.62. The smallest absolute Gasteiger partial charge is 0.192 e. The van der Waals surface area contributed by atoms with Gasteiger partial charge in [0.2, 0.25) is 0 Å². The summed E-state index contributed by atoms with van der Waals surface area (Å²) < 4.78 is 19.2. The van der Waals surface area contributed by atoms with E-state index >= 15 is 0 Å². The molecule has 1 aliphatic carbocycles. The average Bonchev–Trinajstić information content (AvgIpc) is 3.16. The highest BCUT2D eigenvalue weighted by Gasteiger charge is 2.48. The highest BCUT2D eigenvalue weighted by atomic mass is 19.1. The number of aliphatic imine (C=N–C) groups is 1. The zero-order valence-corrected chi connectivity index (χ0v) is 12.0. The molecule has 0 bridgehead atoms. The van der Waals surface area contributed by atoms with Crippen molar-refractivity contribution in [2.45, 2.75) is 37.3 Å². The molecule has 2 atom stereocenters. The molecule has 3 aliphatic rings. The molecule has 1 spiro atoms. The molecule has 1 aromatic carbocycles. The molecule has 2 N–H and O–H groups in total. The van der Waals surface area contributed by atoms with Crippen LogP contribution in [-0.4, -0.2) is 36.7 Å². The first kappa shape index (κ1) is 13.1. The molecule has 0 radical (unpaired) electrons. The molecular formula is C16H20FN3O. The minimum atomic E-state index is -0.181. The minimum Gasteiger partial charge on any atom is -0.376 e. The normalized spacial score (nSPS) is 31.0. The summed E-state index contributed by atoms with van der Waals surface area (Å²) in [5.41, 5.74) is 8.24. The molecule has 4 nitrogen and oxygen atoms in total. The summed E-state index contributed by atoms with van der Waals surface area (Å²) in [6, 6.07) is 5.11. The van der Waals surface area contributed by atoms with Gasteiger partial charge >= 0.3 is 0 Å². The molecule has 2 aliphatic heterocycles. The first-order valence-corrected chi connectivity index (χ1v) is 7.67. The van der Waals surface area contributed by atoms with Crippen molar-refractivity contribution < 1.29 is 9.13 Å². The second-order valence-electron chi connectivity index (χ2n) is 6.25. The molecule has 2 unspecified atom stereocenters. The van der Waals surface area contributed by atoms with Gasteiger partial charge in [0.1, 0.15) is 5.82 Å². The van der Waals surface area contributed by atoms with Gasteiger partial charge in [-0.3, -0.25) is 4.99 Å². The Morgan fingerprint density at radius 1 is 1.48 bits per heavy atom. The van der Waals surface area contributed by atoms with Crippen LogP contribution in [0.25, 0.3) is 0 Å². The van der Waals surface area contributed by atoms with Crippen molar-refractivity contribution in [2.75, 3.05) is 19.7 Å². The third-order valence-electron chi connectivity index (χ3n) is 5.08. The maximum absolute atomic E-state index is 13.5. The number of benzene rings is 1. The van der Waals surface area contributed by atoms with E-state index in [4.69, 9.17) is 10.5 Å². The number of hydrogen-bond donors (Lipinski definition) is 1. The summed E-state index contributed by atoms with van der Waals surface area (Å²) in [4.78, 5) is 6.69. The predicted octanol–water partition coefficient (Wildman–Crippen LogP) is 1.78. The van der Waals surface area contributed by atoms with Gasteiger partial charge in [-0.1, -0.05) is 6.07 Å². The van der Waals surface area contributed by atoms with Crippen LogP contribution in [-0.2, 0) is 16.7 Å². The molecule has 0 aromatic heterocycles. The zero-order valence-electron chi connectivity index (χ0n) is 12.0. The van der Waals surface area contributed by atoms with E-state index in [9.17, 15) is 4.39 Å². The standard InChI is InChI=1S/C16H20FN3O/c17-12-3-4-14-11(8-12)5-6-16(14)10-19-15(18)20(16)9-13-2-1-7-21-13/h3-4,8,13H,1-2,5-7,9-10H2,(H2,18,19). The van der Waals surface area contributed by atoms with Gasteiger partial charge in [0.15, 0.2) is 5.96 Å². The number of ether oxygens (including phenoxy) is 1. The van der Waals surface area contributed by atoms with E-state index in [0.717, 1.165) is 44.4 Å². The largest absolute Gasteiger partial charge is 0.376 e. The Morgan fingerprint density at radius 3 is 3.19 bits per heavy atom. The fourth-order valence-corrected chi connectivity index (χ4v) is 4.01. The number of hydrogen-bond acceptors (Lipinski definition) is 4. The van der Waals surface area contributed by atoms with Crippen LogP contribution in [0, 0.1) is 5.82 Å². The predicted molar refractivity (Wildman–Crippen MR) is 78.6 cm³/mol. The van der Waals surface area contributed by atoms with E-state index in [0.29, 0.717) is 12.5 Å². The number of guanidine groups is 1. The second-order valence-corrected chi connectivity index (χ2v) is 6.25. The minimum absolute atomic E-state index is 0.164. The number of nitrogens with zero attached hydrogens (tertiary/aromatic N) is 2. The van der Waals surface area contributed by atoms with E-state index < -0.39 is 0 Å². The molecule has 4 rings (SSSR count). The second kappa shape index (κ2) is 4.70. The molecule has 5 heteroatoms. The van der Waals surface area contributed by atoms with Crippen molar-refractivity contribution >= 4 is 5.96 Å². The fourth-order valence-electron chi connectivity index (χ4n) is 4.01. The number of fused-ring (bicyclic) bond motifs is 2. The van der Waals surface area contributed by atoms with Gasteiger partial charge in [0.25, 0.3) is 0 Å². The van der Waals surface area contributed by atoms with E-state index in [1.54, 1.807) is 12.1 Å². The third-order valence-corrected chi connectivity index (χ3v) is 5.08. The lowest BCUT2D eigenvalue weighted by Crippen LogP contribution is -2.51.